The Morgan fingerprint density at radius 2 is 1.94 bits per heavy atom. The van der Waals surface area contributed by atoms with Gasteiger partial charge in [0.2, 0.25) is 10.0 Å². The van der Waals surface area contributed by atoms with E-state index < -0.39 is 10.0 Å². The van der Waals surface area contributed by atoms with E-state index in [9.17, 15) is 13.2 Å². The van der Waals surface area contributed by atoms with Gasteiger partial charge < -0.3 is 4.74 Å². The molecule has 1 aromatic carbocycles. The first kappa shape index (κ1) is 13.7. The van der Waals surface area contributed by atoms with Crippen LogP contribution in [-0.4, -0.2) is 28.4 Å². The van der Waals surface area contributed by atoms with Crippen LogP contribution >= 0.6 is 0 Å². The standard InChI is InChI=1S/C11H14NO4S/c1-16-10-4-6-11(7-5-10)17(14,15)12-8-2-3-9-13/h4-7,12H,2-3,8H2,1H3. The molecule has 0 aliphatic heterocycles. The topological polar surface area (TPSA) is 72.5 Å². The van der Waals surface area contributed by atoms with Crippen LogP contribution in [0.1, 0.15) is 12.8 Å². The average Bonchev–Trinajstić information content (AvgIpc) is 2.35. The Morgan fingerprint density at radius 1 is 1.29 bits per heavy atom. The van der Waals surface area contributed by atoms with Gasteiger partial charge in [0.25, 0.3) is 0 Å². The SMILES string of the molecule is COc1ccc(S(=O)(=O)NCCC[C]=O)cc1. The number of carbonyl (C=O) groups excluding carboxylic acids is 1. The summed E-state index contributed by atoms with van der Waals surface area (Å²) in [5, 5.41) is 0. The minimum Gasteiger partial charge on any atom is -0.497 e. The molecule has 1 rings (SSSR count). The van der Waals surface area contributed by atoms with Gasteiger partial charge in [-0.3, -0.25) is 4.79 Å². The molecule has 1 N–H and O–H groups in total. The van der Waals surface area contributed by atoms with Crippen LogP contribution in [0.25, 0.3) is 0 Å². The summed E-state index contributed by atoms with van der Waals surface area (Å²) in [6.45, 7) is 0.226. The molecule has 17 heavy (non-hydrogen) atoms. The summed E-state index contributed by atoms with van der Waals surface area (Å²) < 4.78 is 30.8. The Bertz CT molecular complexity index is 453. The Kier molecular flexibility index (Phi) is 5.11. The van der Waals surface area contributed by atoms with Gasteiger partial charge in [0.05, 0.1) is 12.0 Å². The zero-order chi connectivity index (χ0) is 12.7. The van der Waals surface area contributed by atoms with E-state index in [1.807, 2.05) is 0 Å². The third-order valence-electron chi connectivity index (χ3n) is 2.12. The molecule has 6 heteroatoms. The number of methoxy groups -OCH3 is 1. The minimum atomic E-state index is -3.50. The normalized spacial score (nSPS) is 11.1. The van der Waals surface area contributed by atoms with Gasteiger partial charge in [-0.2, -0.15) is 0 Å². The van der Waals surface area contributed by atoms with Crippen molar-refractivity contribution in [3.05, 3.63) is 24.3 Å². The number of nitrogens with one attached hydrogen (secondary N) is 1. The molecule has 5 nitrogen and oxygen atoms in total. The largest absolute Gasteiger partial charge is 0.497 e. The maximum absolute atomic E-state index is 11.7. The lowest BCUT2D eigenvalue weighted by molar-refractivity contribution is 0.414. The lowest BCUT2D eigenvalue weighted by Crippen LogP contribution is -2.24. The van der Waals surface area contributed by atoms with Gasteiger partial charge >= 0.3 is 0 Å². The Labute approximate surface area is 101 Å². The molecular formula is C11H14NO4S. The number of sulfonamides is 1. The van der Waals surface area contributed by atoms with E-state index in [0.717, 1.165) is 0 Å². The third kappa shape index (κ3) is 4.16. The van der Waals surface area contributed by atoms with E-state index in [-0.39, 0.29) is 17.9 Å². The molecule has 0 saturated carbocycles. The summed E-state index contributed by atoms with van der Waals surface area (Å²) in [5.41, 5.74) is 0. The van der Waals surface area contributed by atoms with Crippen molar-refractivity contribution in [2.45, 2.75) is 17.7 Å². The highest BCUT2D eigenvalue weighted by molar-refractivity contribution is 7.89. The van der Waals surface area contributed by atoms with Crippen molar-refractivity contribution < 1.29 is 17.9 Å². The zero-order valence-electron chi connectivity index (χ0n) is 9.47. The van der Waals surface area contributed by atoms with E-state index in [1.54, 1.807) is 18.4 Å². The van der Waals surface area contributed by atoms with Gasteiger partial charge in [-0.15, -0.1) is 0 Å². The van der Waals surface area contributed by atoms with Crippen molar-refractivity contribution >= 4 is 16.3 Å². The number of rotatable bonds is 7. The fraction of sp³-hybridized carbons (Fsp3) is 0.364. The fourth-order valence-electron chi connectivity index (χ4n) is 1.21. The van der Waals surface area contributed by atoms with Gasteiger partial charge in [-0.05, 0) is 30.7 Å². The monoisotopic (exact) mass is 256 g/mol. The summed E-state index contributed by atoms with van der Waals surface area (Å²) in [4.78, 5) is 10.1. The fourth-order valence-corrected chi connectivity index (χ4v) is 2.28. The smallest absolute Gasteiger partial charge is 0.240 e. The highest BCUT2D eigenvalue weighted by atomic mass is 32.2. The lowest BCUT2D eigenvalue weighted by atomic mass is 10.3. The van der Waals surface area contributed by atoms with Crippen LogP contribution in [0.15, 0.2) is 29.2 Å². The van der Waals surface area contributed by atoms with Crippen LogP contribution in [0.5, 0.6) is 5.75 Å². The molecule has 0 atom stereocenters. The van der Waals surface area contributed by atoms with Crippen molar-refractivity contribution in [1.82, 2.24) is 4.72 Å². The molecule has 0 spiro atoms. The van der Waals surface area contributed by atoms with Gasteiger partial charge in [-0.25, -0.2) is 13.1 Å². The molecule has 0 fully saturated rings. The van der Waals surface area contributed by atoms with Crippen molar-refractivity contribution in [1.29, 1.82) is 0 Å². The molecule has 0 unspecified atom stereocenters. The molecule has 0 amide bonds. The first-order valence-electron chi connectivity index (χ1n) is 5.09. The summed E-state index contributed by atoms with van der Waals surface area (Å²) in [6.07, 6.45) is 2.38. The predicted molar refractivity (Wildman–Crippen MR) is 63.1 cm³/mol. The first-order valence-corrected chi connectivity index (χ1v) is 6.57. The number of hydrogen-bond donors (Lipinski definition) is 1. The Morgan fingerprint density at radius 3 is 2.47 bits per heavy atom. The Hall–Kier alpha value is -1.40. The zero-order valence-corrected chi connectivity index (χ0v) is 10.3. The summed E-state index contributed by atoms with van der Waals surface area (Å²) in [7, 11) is -1.99. The van der Waals surface area contributed by atoms with Crippen LogP contribution in [0.3, 0.4) is 0 Å². The number of benzene rings is 1. The van der Waals surface area contributed by atoms with E-state index in [0.29, 0.717) is 12.2 Å². The molecule has 0 aromatic heterocycles. The minimum absolute atomic E-state index is 0.174. The second-order valence-corrected chi connectivity index (χ2v) is 5.09. The van der Waals surface area contributed by atoms with Crippen LogP contribution in [-0.2, 0) is 14.8 Å². The summed E-state index contributed by atoms with van der Waals surface area (Å²) in [5.74, 6) is 0.597. The predicted octanol–water partition coefficient (Wildman–Crippen LogP) is 0.863. The van der Waals surface area contributed by atoms with Gasteiger partial charge in [-0.1, -0.05) is 0 Å². The highest BCUT2D eigenvalue weighted by Gasteiger charge is 2.12. The molecule has 93 valence electrons. The van der Waals surface area contributed by atoms with Crippen molar-refractivity contribution in [2.24, 2.45) is 0 Å². The average molecular weight is 256 g/mol. The molecular weight excluding hydrogens is 242 g/mol. The van der Waals surface area contributed by atoms with E-state index in [4.69, 9.17) is 4.74 Å². The van der Waals surface area contributed by atoms with E-state index in [1.165, 1.54) is 19.2 Å². The second kappa shape index (κ2) is 6.36. The maximum atomic E-state index is 11.7. The van der Waals surface area contributed by atoms with Crippen molar-refractivity contribution in [3.63, 3.8) is 0 Å². The van der Waals surface area contributed by atoms with Crippen LogP contribution in [0, 0.1) is 0 Å². The molecule has 1 radical (unpaired) electrons. The lowest BCUT2D eigenvalue weighted by Gasteiger charge is -2.06. The number of ether oxygens (including phenoxy) is 1. The summed E-state index contributed by atoms with van der Waals surface area (Å²) >= 11 is 0. The highest BCUT2D eigenvalue weighted by Crippen LogP contribution is 2.15. The molecule has 1 aromatic rings. The second-order valence-electron chi connectivity index (χ2n) is 3.32. The maximum Gasteiger partial charge on any atom is 0.240 e. The first-order chi connectivity index (χ1) is 8.10. The van der Waals surface area contributed by atoms with Crippen LogP contribution < -0.4 is 9.46 Å². The molecule has 0 saturated heterocycles. The van der Waals surface area contributed by atoms with Gasteiger partial charge in [0.1, 0.15) is 5.75 Å². The third-order valence-corrected chi connectivity index (χ3v) is 3.59. The number of hydrogen-bond acceptors (Lipinski definition) is 4. The van der Waals surface area contributed by atoms with E-state index in [2.05, 4.69) is 4.72 Å². The molecule has 0 heterocycles. The van der Waals surface area contributed by atoms with Gasteiger partial charge in [0, 0.05) is 13.0 Å². The molecule has 0 aliphatic rings. The Balaban J connectivity index is 2.65. The van der Waals surface area contributed by atoms with Crippen molar-refractivity contribution in [3.8, 4) is 5.75 Å². The van der Waals surface area contributed by atoms with Crippen LogP contribution in [0.4, 0.5) is 0 Å². The van der Waals surface area contributed by atoms with E-state index >= 15 is 0 Å². The molecule has 0 aliphatic carbocycles. The quantitative estimate of drug-likeness (QED) is 0.734. The van der Waals surface area contributed by atoms with Crippen molar-refractivity contribution in [2.75, 3.05) is 13.7 Å². The molecule has 0 bridgehead atoms. The van der Waals surface area contributed by atoms with Gasteiger partial charge in [0.15, 0.2) is 6.29 Å². The number of unbranched alkanes of at least 4 members (excludes halogenated alkanes) is 1. The van der Waals surface area contributed by atoms with Crippen LogP contribution in [0.2, 0.25) is 0 Å². The summed E-state index contributed by atoms with van der Waals surface area (Å²) in [6, 6.07) is 6.08.